The van der Waals surface area contributed by atoms with Crippen LogP contribution in [-0.4, -0.2) is 0 Å². The highest BCUT2D eigenvalue weighted by Gasteiger charge is 2.08. The quantitative estimate of drug-likeness (QED) is 0.643. The molecule has 0 atom stereocenters. The van der Waals surface area contributed by atoms with Crippen molar-refractivity contribution >= 4 is 23.8 Å². The first kappa shape index (κ1) is 12.7. The van der Waals surface area contributed by atoms with Crippen molar-refractivity contribution in [3.8, 4) is 11.1 Å². The number of rotatable bonds is 4. The molecular formula is C17H15Cl. The van der Waals surface area contributed by atoms with E-state index in [9.17, 15) is 0 Å². The normalized spacial score (nSPS) is 10.1. The maximum atomic E-state index is 5.98. The van der Waals surface area contributed by atoms with Gasteiger partial charge in [-0.2, -0.15) is 0 Å². The second kappa shape index (κ2) is 5.70. The van der Waals surface area contributed by atoms with Crippen LogP contribution in [0.15, 0.2) is 55.6 Å². The highest BCUT2D eigenvalue weighted by molar-refractivity contribution is 6.17. The monoisotopic (exact) mass is 254 g/mol. The summed E-state index contributed by atoms with van der Waals surface area (Å²) < 4.78 is 0. The smallest absolute Gasteiger partial charge is 0.0480 e. The Bertz CT molecular complexity index is 582. The number of alkyl halides is 1. The van der Waals surface area contributed by atoms with Crippen molar-refractivity contribution in [3.63, 3.8) is 0 Å². The van der Waals surface area contributed by atoms with Crippen LogP contribution in [0.25, 0.3) is 23.3 Å². The summed E-state index contributed by atoms with van der Waals surface area (Å²) in [7, 11) is 0. The van der Waals surface area contributed by atoms with E-state index in [1.807, 2.05) is 36.4 Å². The van der Waals surface area contributed by atoms with Crippen molar-refractivity contribution in [2.75, 3.05) is 0 Å². The fraction of sp³-hybridized carbons (Fsp3) is 0.0588. The molecule has 0 aliphatic heterocycles. The zero-order chi connectivity index (χ0) is 13.0. The van der Waals surface area contributed by atoms with E-state index in [1.54, 1.807) is 0 Å². The Morgan fingerprint density at radius 3 is 2.28 bits per heavy atom. The molecule has 0 fully saturated rings. The number of hydrogen-bond donors (Lipinski definition) is 0. The van der Waals surface area contributed by atoms with Crippen LogP contribution in [0.1, 0.15) is 16.7 Å². The summed E-state index contributed by atoms with van der Waals surface area (Å²) in [6, 6.07) is 14.3. The maximum absolute atomic E-state index is 5.98. The number of halogens is 1. The standard InChI is InChI=1S/C17H15Cl/c1-3-13-8-5-6-10-16(13)17-11-7-9-14(12-18)15(17)4-2/h3-11H,1-2,12H2. The molecular weight excluding hydrogens is 240 g/mol. The summed E-state index contributed by atoms with van der Waals surface area (Å²) in [6.07, 6.45) is 3.74. The van der Waals surface area contributed by atoms with E-state index >= 15 is 0 Å². The van der Waals surface area contributed by atoms with E-state index in [2.05, 4.69) is 31.4 Å². The summed E-state index contributed by atoms with van der Waals surface area (Å²) in [4.78, 5) is 0. The van der Waals surface area contributed by atoms with Crippen LogP contribution in [0.5, 0.6) is 0 Å². The van der Waals surface area contributed by atoms with Gasteiger partial charge >= 0.3 is 0 Å². The first-order valence-corrected chi connectivity index (χ1v) is 6.37. The van der Waals surface area contributed by atoms with Crippen molar-refractivity contribution in [2.24, 2.45) is 0 Å². The highest BCUT2D eigenvalue weighted by atomic mass is 35.5. The fourth-order valence-corrected chi connectivity index (χ4v) is 2.36. The molecule has 2 aromatic rings. The molecule has 0 heterocycles. The first-order valence-electron chi connectivity index (χ1n) is 5.84. The summed E-state index contributed by atoms with van der Waals surface area (Å²) in [6.45, 7) is 7.76. The van der Waals surface area contributed by atoms with E-state index < -0.39 is 0 Å². The highest BCUT2D eigenvalue weighted by Crippen LogP contribution is 2.31. The third-order valence-electron chi connectivity index (χ3n) is 3.02. The average Bonchev–Trinajstić information content (AvgIpc) is 2.46. The van der Waals surface area contributed by atoms with Gasteiger partial charge in [-0.05, 0) is 27.8 Å². The molecule has 0 bridgehead atoms. The predicted molar refractivity (Wildman–Crippen MR) is 81.6 cm³/mol. The van der Waals surface area contributed by atoms with Crippen molar-refractivity contribution in [3.05, 3.63) is 72.3 Å². The second-order valence-electron chi connectivity index (χ2n) is 4.01. The molecule has 0 nitrogen and oxygen atoms in total. The molecule has 0 aromatic heterocycles. The fourth-order valence-electron chi connectivity index (χ4n) is 2.13. The minimum absolute atomic E-state index is 0.492. The van der Waals surface area contributed by atoms with Gasteiger partial charge in [-0.1, -0.05) is 67.8 Å². The SMILES string of the molecule is C=Cc1ccccc1-c1cccc(CCl)c1C=C. The number of benzene rings is 2. The van der Waals surface area contributed by atoms with Crippen LogP contribution in [0, 0.1) is 0 Å². The molecule has 2 rings (SSSR count). The Morgan fingerprint density at radius 1 is 0.889 bits per heavy atom. The minimum atomic E-state index is 0.492. The minimum Gasteiger partial charge on any atom is -0.122 e. The van der Waals surface area contributed by atoms with Gasteiger partial charge in [-0.3, -0.25) is 0 Å². The van der Waals surface area contributed by atoms with E-state index in [-0.39, 0.29) is 0 Å². The maximum Gasteiger partial charge on any atom is 0.0480 e. The lowest BCUT2D eigenvalue weighted by atomic mass is 9.93. The lowest BCUT2D eigenvalue weighted by molar-refractivity contribution is 1.38. The van der Waals surface area contributed by atoms with Gasteiger partial charge in [0.05, 0.1) is 0 Å². The second-order valence-corrected chi connectivity index (χ2v) is 4.27. The van der Waals surface area contributed by atoms with Gasteiger partial charge in [0.25, 0.3) is 0 Å². The van der Waals surface area contributed by atoms with Crippen molar-refractivity contribution in [1.82, 2.24) is 0 Å². The molecule has 18 heavy (non-hydrogen) atoms. The van der Waals surface area contributed by atoms with Crippen molar-refractivity contribution < 1.29 is 0 Å². The van der Waals surface area contributed by atoms with E-state index in [1.165, 1.54) is 0 Å². The third-order valence-corrected chi connectivity index (χ3v) is 3.30. The Morgan fingerprint density at radius 2 is 1.61 bits per heavy atom. The first-order chi connectivity index (χ1) is 8.81. The molecule has 0 unspecified atom stereocenters. The van der Waals surface area contributed by atoms with Crippen molar-refractivity contribution in [1.29, 1.82) is 0 Å². The molecule has 0 aliphatic rings. The topological polar surface area (TPSA) is 0 Å². The Labute approximate surface area is 113 Å². The summed E-state index contributed by atoms with van der Waals surface area (Å²) in [5, 5.41) is 0. The third kappa shape index (κ3) is 2.25. The van der Waals surface area contributed by atoms with Crippen molar-refractivity contribution in [2.45, 2.75) is 5.88 Å². The molecule has 1 heteroatoms. The molecule has 2 aromatic carbocycles. The number of hydrogen-bond acceptors (Lipinski definition) is 0. The Hall–Kier alpha value is -1.79. The Kier molecular flexibility index (Phi) is 4.01. The van der Waals surface area contributed by atoms with Gasteiger partial charge < -0.3 is 0 Å². The van der Waals surface area contributed by atoms with E-state index in [4.69, 9.17) is 11.6 Å². The lowest BCUT2D eigenvalue weighted by Gasteiger charge is -2.12. The molecule has 0 aliphatic carbocycles. The average molecular weight is 255 g/mol. The van der Waals surface area contributed by atoms with Gasteiger partial charge in [0.1, 0.15) is 0 Å². The van der Waals surface area contributed by atoms with Gasteiger partial charge in [-0.25, -0.2) is 0 Å². The van der Waals surface area contributed by atoms with Crippen LogP contribution in [0.4, 0.5) is 0 Å². The van der Waals surface area contributed by atoms with Crippen LogP contribution in [0.2, 0.25) is 0 Å². The zero-order valence-electron chi connectivity index (χ0n) is 10.2. The molecule has 0 amide bonds. The summed E-state index contributed by atoms with van der Waals surface area (Å²) in [5.74, 6) is 0.492. The molecule has 0 saturated heterocycles. The molecule has 0 spiro atoms. The van der Waals surface area contributed by atoms with Crippen LogP contribution < -0.4 is 0 Å². The van der Waals surface area contributed by atoms with Gasteiger partial charge in [0.2, 0.25) is 0 Å². The van der Waals surface area contributed by atoms with Gasteiger partial charge in [0, 0.05) is 5.88 Å². The Balaban J connectivity index is 2.70. The molecule has 0 N–H and O–H groups in total. The van der Waals surface area contributed by atoms with Gasteiger partial charge in [-0.15, -0.1) is 11.6 Å². The van der Waals surface area contributed by atoms with Crippen LogP contribution in [0.3, 0.4) is 0 Å². The van der Waals surface area contributed by atoms with Gasteiger partial charge in [0.15, 0.2) is 0 Å². The van der Waals surface area contributed by atoms with Crippen LogP contribution in [-0.2, 0) is 5.88 Å². The molecule has 90 valence electrons. The molecule has 0 saturated carbocycles. The van der Waals surface area contributed by atoms with E-state index in [0.717, 1.165) is 27.8 Å². The summed E-state index contributed by atoms with van der Waals surface area (Å²) in [5.41, 5.74) is 5.63. The zero-order valence-corrected chi connectivity index (χ0v) is 11.0. The lowest BCUT2D eigenvalue weighted by Crippen LogP contribution is -1.91. The largest absolute Gasteiger partial charge is 0.122 e. The predicted octanol–water partition coefficient (Wildman–Crippen LogP) is 5.38. The van der Waals surface area contributed by atoms with E-state index in [0.29, 0.717) is 5.88 Å². The molecule has 0 radical (unpaired) electrons. The van der Waals surface area contributed by atoms with Crippen LogP contribution >= 0.6 is 11.6 Å². The summed E-state index contributed by atoms with van der Waals surface area (Å²) >= 11 is 5.98.